The van der Waals surface area contributed by atoms with Gasteiger partial charge in [-0.25, -0.2) is 0 Å². The van der Waals surface area contributed by atoms with E-state index >= 15 is 0 Å². The van der Waals surface area contributed by atoms with E-state index in [1.54, 1.807) is 0 Å². The Balaban J connectivity index is 1.87. The van der Waals surface area contributed by atoms with Crippen LogP contribution in [0.15, 0.2) is 18.2 Å². The van der Waals surface area contributed by atoms with Crippen molar-refractivity contribution in [2.45, 2.75) is 50.9 Å². The first-order valence-electron chi connectivity index (χ1n) is 7.53. The van der Waals surface area contributed by atoms with E-state index in [0.717, 1.165) is 24.9 Å². The zero-order valence-electron chi connectivity index (χ0n) is 11.7. The van der Waals surface area contributed by atoms with Crippen molar-refractivity contribution in [3.63, 3.8) is 0 Å². The van der Waals surface area contributed by atoms with Gasteiger partial charge in [0.25, 0.3) is 0 Å². The average Bonchev–Trinajstić information content (AvgIpc) is 3.06. The maximum Gasteiger partial charge on any atom is 0.0640 e. The summed E-state index contributed by atoms with van der Waals surface area (Å²) in [5.74, 6) is 0.510. The number of halogens is 2. The molecule has 110 valence electrons. The van der Waals surface area contributed by atoms with Gasteiger partial charge in [-0.2, -0.15) is 0 Å². The van der Waals surface area contributed by atoms with Crippen LogP contribution in [-0.4, -0.2) is 18.8 Å². The molecule has 0 spiro atoms. The lowest BCUT2D eigenvalue weighted by molar-refractivity contribution is 0.0857. The van der Waals surface area contributed by atoms with Gasteiger partial charge in [0.05, 0.1) is 22.3 Å². The van der Waals surface area contributed by atoms with Crippen molar-refractivity contribution >= 4 is 23.2 Å². The van der Waals surface area contributed by atoms with E-state index in [-0.39, 0.29) is 6.04 Å². The van der Waals surface area contributed by atoms with Crippen molar-refractivity contribution in [3.05, 3.63) is 33.8 Å². The van der Waals surface area contributed by atoms with Gasteiger partial charge >= 0.3 is 0 Å². The molecule has 2 bridgehead atoms. The van der Waals surface area contributed by atoms with Crippen molar-refractivity contribution in [2.24, 2.45) is 5.92 Å². The molecule has 0 aromatic heterocycles. The van der Waals surface area contributed by atoms with Crippen LogP contribution in [0.5, 0.6) is 0 Å². The molecule has 0 saturated carbocycles. The van der Waals surface area contributed by atoms with Crippen LogP contribution in [0, 0.1) is 5.92 Å². The molecule has 2 heterocycles. The second kappa shape index (κ2) is 6.23. The van der Waals surface area contributed by atoms with Gasteiger partial charge in [0, 0.05) is 12.0 Å². The Morgan fingerprint density at radius 2 is 2.20 bits per heavy atom. The summed E-state index contributed by atoms with van der Waals surface area (Å²) in [6.45, 7) is 3.17. The highest BCUT2D eigenvalue weighted by Crippen LogP contribution is 2.46. The van der Waals surface area contributed by atoms with Crippen molar-refractivity contribution in [2.75, 3.05) is 6.54 Å². The fraction of sp³-hybridized carbons (Fsp3) is 0.625. The molecular weight excluding hydrogens is 293 g/mol. The van der Waals surface area contributed by atoms with Crippen LogP contribution in [0.4, 0.5) is 0 Å². The highest BCUT2D eigenvalue weighted by Gasteiger charge is 2.45. The molecule has 0 aliphatic carbocycles. The maximum atomic E-state index is 6.43. The molecule has 0 radical (unpaired) electrons. The Morgan fingerprint density at radius 1 is 1.35 bits per heavy atom. The zero-order valence-corrected chi connectivity index (χ0v) is 13.3. The molecule has 2 aliphatic heterocycles. The summed E-state index contributed by atoms with van der Waals surface area (Å²) in [6.07, 6.45) is 5.46. The Hall–Kier alpha value is -0.280. The number of rotatable bonds is 5. The second-order valence-electron chi connectivity index (χ2n) is 5.85. The molecule has 4 unspecified atom stereocenters. The summed E-state index contributed by atoms with van der Waals surface area (Å²) in [6, 6.07) is 6.17. The summed E-state index contributed by atoms with van der Waals surface area (Å²) in [4.78, 5) is 0. The molecule has 20 heavy (non-hydrogen) atoms. The van der Waals surface area contributed by atoms with Gasteiger partial charge in [0.1, 0.15) is 0 Å². The summed E-state index contributed by atoms with van der Waals surface area (Å²) >= 11 is 12.6. The number of hydrogen-bond donors (Lipinski definition) is 1. The van der Waals surface area contributed by atoms with Gasteiger partial charge in [0.15, 0.2) is 0 Å². The van der Waals surface area contributed by atoms with E-state index in [9.17, 15) is 0 Å². The van der Waals surface area contributed by atoms with Crippen LogP contribution < -0.4 is 5.32 Å². The highest BCUT2D eigenvalue weighted by molar-refractivity contribution is 6.42. The SMILES string of the molecule is CCCNC(c1cccc(Cl)c1Cl)C1CC2CCC1O2. The summed E-state index contributed by atoms with van der Waals surface area (Å²) < 4.78 is 6.02. The van der Waals surface area contributed by atoms with Gasteiger partial charge in [-0.3, -0.25) is 0 Å². The minimum atomic E-state index is 0.247. The lowest BCUT2D eigenvalue weighted by Crippen LogP contribution is -2.34. The zero-order chi connectivity index (χ0) is 14.1. The first-order chi connectivity index (χ1) is 9.70. The van der Waals surface area contributed by atoms with Crippen LogP contribution in [0.25, 0.3) is 0 Å². The Labute approximate surface area is 130 Å². The van der Waals surface area contributed by atoms with Gasteiger partial charge < -0.3 is 10.1 Å². The summed E-state index contributed by atoms with van der Waals surface area (Å²) in [5.41, 5.74) is 1.12. The van der Waals surface area contributed by atoms with E-state index in [2.05, 4.69) is 18.3 Å². The fourth-order valence-corrected chi connectivity index (χ4v) is 4.01. The van der Waals surface area contributed by atoms with Crippen LogP contribution in [0.1, 0.15) is 44.2 Å². The number of hydrogen-bond acceptors (Lipinski definition) is 2. The van der Waals surface area contributed by atoms with Crippen molar-refractivity contribution in [1.82, 2.24) is 5.32 Å². The Bertz CT molecular complexity index is 480. The minimum absolute atomic E-state index is 0.247. The summed E-state index contributed by atoms with van der Waals surface area (Å²) in [7, 11) is 0. The third-order valence-corrected chi connectivity index (χ3v) is 5.35. The molecule has 3 rings (SSSR count). The van der Waals surface area contributed by atoms with E-state index in [0.29, 0.717) is 28.2 Å². The number of ether oxygens (including phenoxy) is 1. The van der Waals surface area contributed by atoms with Crippen LogP contribution in [0.2, 0.25) is 10.0 Å². The Kier molecular flexibility index (Phi) is 4.56. The summed E-state index contributed by atoms with van der Waals surface area (Å²) in [5, 5.41) is 4.98. The number of benzene rings is 1. The fourth-order valence-electron chi connectivity index (χ4n) is 3.58. The average molecular weight is 314 g/mol. The highest BCUT2D eigenvalue weighted by atomic mass is 35.5. The second-order valence-corrected chi connectivity index (χ2v) is 6.63. The molecule has 2 fully saturated rings. The smallest absolute Gasteiger partial charge is 0.0640 e. The molecule has 0 amide bonds. The van der Waals surface area contributed by atoms with Gasteiger partial charge in [-0.1, -0.05) is 42.3 Å². The van der Waals surface area contributed by atoms with Crippen molar-refractivity contribution in [1.29, 1.82) is 0 Å². The lowest BCUT2D eigenvalue weighted by atomic mass is 9.81. The van der Waals surface area contributed by atoms with E-state index < -0.39 is 0 Å². The van der Waals surface area contributed by atoms with Gasteiger partial charge in [0.2, 0.25) is 0 Å². The third-order valence-electron chi connectivity index (χ3n) is 4.51. The molecule has 2 saturated heterocycles. The first-order valence-corrected chi connectivity index (χ1v) is 8.29. The van der Waals surface area contributed by atoms with Gasteiger partial charge in [-0.15, -0.1) is 0 Å². The Morgan fingerprint density at radius 3 is 2.85 bits per heavy atom. The molecule has 1 N–H and O–H groups in total. The number of fused-ring (bicyclic) bond motifs is 2. The van der Waals surface area contributed by atoms with Crippen molar-refractivity contribution in [3.8, 4) is 0 Å². The molecule has 2 nitrogen and oxygen atoms in total. The monoisotopic (exact) mass is 313 g/mol. The first kappa shape index (κ1) is 14.6. The molecule has 2 aliphatic rings. The third kappa shape index (κ3) is 2.71. The van der Waals surface area contributed by atoms with Crippen LogP contribution >= 0.6 is 23.2 Å². The molecule has 1 aromatic rings. The van der Waals surface area contributed by atoms with E-state index in [1.807, 2.05) is 12.1 Å². The quantitative estimate of drug-likeness (QED) is 0.857. The molecular formula is C16H21Cl2NO. The largest absolute Gasteiger partial charge is 0.375 e. The van der Waals surface area contributed by atoms with Crippen LogP contribution in [-0.2, 0) is 4.74 Å². The maximum absolute atomic E-state index is 6.43. The predicted octanol–water partition coefficient (Wildman–Crippen LogP) is 4.60. The van der Waals surface area contributed by atoms with E-state index in [4.69, 9.17) is 27.9 Å². The normalized spacial score (nSPS) is 29.9. The van der Waals surface area contributed by atoms with Crippen LogP contribution in [0.3, 0.4) is 0 Å². The molecule has 4 atom stereocenters. The number of nitrogens with one attached hydrogen (secondary N) is 1. The van der Waals surface area contributed by atoms with Gasteiger partial charge in [-0.05, 0) is 43.9 Å². The standard InChI is InChI=1S/C16H21Cl2NO/c1-2-8-19-16(11-4-3-5-13(17)15(11)18)12-9-10-6-7-14(12)20-10/h3-5,10,12,14,16,19H,2,6-9H2,1H3. The van der Waals surface area contributed by atoms with Crippen molar-refractivity contribution < 1.29 is 4.74 Å². The molecule has 4 heteroatoms. The minimum Gasteiger partial charge on any atom is -0.375 e. The molecule has 1 aromatic carbocycles. The predicted molar refractivity (Wildman–Crippen MR) is 83.5 cm³/mol. The lowest BCUT2D eigenvalue weighted by Gasteiger charge is -2.30. The topological polar surface area (TPSA) is 21.3 Å². The van der Waals surface area contributed by atoms with E-state index in [1.165, 1.54) is 12.8 Å².